The molecule has 10 heavy (non-hydrogen) atoms. The number of carbonyl (C=O) groups is 1. The molecule has 2 unspecified atom stereocenters. The van der Waals surface area contributed by atoms with Crippen molar-refractivity contribution in [3.8, 4) is 0 Å². The Hall–Kier alpha value is -0.590. The van der Waals surface area contributed by atoms with Crippen LogP contribution in [0.2, 0.25) is 0 Å². The molecule has 0 aliphatic heterocycles. The van der Waals surface area contributed by atoms with Crippen LogP contribution < -0.4 is 0 Å². The number of hydrogen-bond acceptors (Lipinski definition) is 1. The summed E-state index contributed by atoms with van der Waals surface area (Å²) >= 11 is 0. The van der Waals surface area contributed by atoms with Crippen molar-refractivity contribution in [1.82, 2.24) is 0 Å². The summed E-state index contributed by atoms with van der Waals surface area (Å²) in [6.07, 6.45) is 7.91. The van der Waals surface area contributed by atoms with E-state index in [-0.39, 0.29) is 5.41 Å². The molecule has 0 aromatic heterocycles. The number of aldehydes is 1. The molecule has 1 fully saturated rings. The average molecular weight is 136 g/mol. The van der Waals surface area contributed by atoms with Crippen molar-refractivity contribution in [2.24, 2.45) is 17.3 Å². The van der Waals surface area contributed by atoms with Crippen LogP contribution in [-0.4, -0.2) is 6.29 Å². The summed E-state index contributed by atoms with van der Waals surface area (Å²) in [4.78, 5) is 10.6. The Morgan fingerprint density at radius 1 is 1.70 bits per heavy atom. The van der Waals surface area contributed by atoms with E-state index in [1.807, 2.05) is 0 Å². The largest absolute Gasteiger partial charge is 0.303 e. The van der Waals surface area contributed by atoms with Gasteiger partial charge in [-0.2, -0.15) is 0 Å². The summed E-state index contributed by atoms with van der Waals surface area (Å²) in [5.74, 6) is 1.02. The van der Waals surface area contributed by atoms with Gasteiger partial charge in [0.15, 0.2) is 0 Å². The Bertz CT molecular complexity index is 195. The van der Waals surface area contributed by atoms with E-state index >= 15 is 0 Å². The maximum Gasteiger partial charge on any atom is 0.123 e. The van der Waals surface area contributed by atoms with Crippen molar-refractivity contribution in [2.45, 2.75) is 19.8 Å². The molecule has 2 bridgehead atoms. The summed E-state index contributed by atoms with van der Waals surface area (Å²) in [5, 5.41) is 0. The third-order valence-corrected chi connectivity index (χ3v) is 3.02. The molecule has 0 heterocycles. The monoisotopic (exact) mass is 136 g/mol. The van der Waals surface area contributed by atoms with Crippen LogP contribution in [0.1, 0.15) is 19.8 Å². The van der Waals surface area contributed by atoms with Crippen LogP contribution in [0.4, 0.5) is 0 Å². The van der Waals surface area contributed by atoms with Crippen LogP contribution >= 0.6 is 0 Å². The van der Waals surface area contributed by atoms with E-state index < -0.39 is 0 Å². The average Bonchev–Trinajstić information content (AvgIpc) is 2.41. The zero-order chi connectivity index (χ0) is 7.19. The standard InChI is InChI=1S/C9H12O/c1-9-3-2-7(5-9)4-8(9)6-10/h2-3,6-8H,4-5H2,1H3/t7?,8-,9?/m1/s1. The van der Waals surface area contributed by atoms with Crippen LogP contribution in [0.25, 0.3) is 0 Å². The zero-order valence-corrected chi connectivity index (χ0v) is 6.21. The highest BCUT2D eigenvalue weighted by Crippen LogP contribution is 2.51. The predicted octanol–water partition coefficient (Wildman–Crippen LogP) is 1.79. The summed E-state index contributed by atoms with van der Waals surface area (Å²) in [6, 6.07) is 0. The molecule has 1 heteroatoms. The van der Waals surface area contributed by atoms with Crippen molar-refractivity contribution in [1.29, 1.82) is 0 Å². The molecule has 0 N–H and O–H groups in total. The highest BCUT2D eigenvalue weighted by Gasteiger charge is 2.44. The quantitative estimate of drug-likeness (QED) is 0.396. The lowest BCUT2D eigenvalue weighted by Crippen LogP contribution is -2.19. The van der Waals surface area contributed by atoms with Gasteiger partial charge in [-0.15, -0.1) is 0 Å². The summed E-state index contributed by atoms with van der Waals surface area (Å²) in [5.41, 5.74) is 0.229. The van der Waals surface area contributed by atoms with Gasteiger partial charge in [-0.3, -0.25) is 0 Å². The predicted molar refractivity (Wildman–Crippen MR) is 39.5 cm³/mol. The molecule has 2 rings (SSSR count). The van der Waals surface area contributed by atoms with Crippen LogP contribution in [0, 0.1) is 17.3 Å². The van der Waals surface area contributed by atoms with E-state index in [1.165, 1.54) is 6.42 Å². The first kappa shape index (κ1) is 6.14. The minimum absolute atomic E-state index is 0.229. The molecule has 0 aromatic rings. The Kier molecular flexibility index (Phi) is 1.05. The third kappa shape index (κ3) is 0.606. The molecular weight excluding hydrogens is 124 g/mol. The van der Waals surface area contributed by atoms with E-state index in [0.29, 0.717) is 11.8 Å². The van der Waals surface area contributed by atoms with E-state index in [4.69, 9.17) is 0 Å². The molecule has 2 aliphatic carbocycles. The van der Waals surface area contributed by atoms with Gasteiger partial charge in [0.05, 0.1) is 0 Å². The third-order valence-electron chi connectivity index (χ3n) is 3.02. The summed E-state index contributed by atoms with van der Waals surface area (Å²) in [6.45, 7) is 2.19. The molecule has 54 valence electrons. The van der Waals surface area contributed by atoms with E-state index in [1.54, 1.807) is 0 Å². The fourth-order valence-electron chi connectivity index (χ4n) is 2.30. The molecule has 0 saturated heterocycles. The lowest BCUT2D eigenvalue weighted by Gasteiger charge is -2.22. The van der Waals surface area contributed by atoms with E-state index in [0.717, 1.165) is 12.7 Å². The molecule has 2 aliphatic rings. The molecule has 1 saturated carbocycles. The molecule has 1 nitrogen and oxygen atoms in total. The Labute approximate surface area is 61.1 Å². The van der Waals surface area contributed by atoms with Crippen molar-refractivity contribution < 1.29 is 4.79 Å². The second kappa shape index (κ2) is 1.71. The number of hydrogen-bond donors (Lipinski definition) is 0. The van der Waals surface area contributed by atoms with Gasteiger partial charge in [-0.1, -0.05) is 19.1 Å². The first-order valence-corrected chi connectivity index (χ1v) is 3.89. The fourth-order valence-corrected chi connectivity index (χ4v) is 2.30. The number of allylic oxidation sites excluding steroid dienone is 2. The molecule has 0 aromatic carbocycles. The minimum Gasteiger partial charge on any atom is -0.303 e. The maximum atomic E-state index is 10.6. The Morgan fingerprint density at radius 3 is 2.80 bits per heavy atom. The normalized spacial score (nSPS) is 50.1. The van der Waals surface area contributed by atoms with Gasteiger partial charge >= 0.3 is 0 Å². The second-order valence-electron chi connectivity index (χ2n) is 3.81. The zero-order valence-electron chi connectivity index (χ0n) is 6.21. The van der Waals surface area contributed by atoms with E-state index in [9.17, 15) is 4.79 Å². The topological polar surface area (TPSA) is 17.1 Å². The highest BCUT2D eigenvalue weighted by atomic mass is 16.1. The van der Waals surface area contributed by atoms with Gasteiger partial charge in [-0.25, -0.2) is 0 Å². The SMILES string of the molecule is CC12C=CC(C[C@@H]1C=O)C2. The van der Waals surface area contributed by atoms with Crippen LogP contribution in [0.3, 0.4) is 0 Å². The lowest BCUT2D eigenvalue weighted by atomic mass is 9.81. The first-order valence-electron chi connectivity index (χ1n) is 3.89. The number of rotatable bonds is 1. The molecule has 3 atom stereocenters. The van der Waals surface area contributed by atoms with Crippen LogP contribution in [-0.2, 0) is 4.79 Å². The van der Waals surface area contributed by atoms with Crippen LogP contribution in [0.5, 0.6) is 0 Å². The van der Waals surface area contributed by atoms with Crippen molar-refractivity contribution >= 4 is 6.29 Å². The van der Waals surface area contributed by atoms with Crippen molar-refractivity contribution in [3.05, 3.63) is 12.2 Å². The van der Waals surface area contributed by atoms with Gasteiger partial charge < -0.3 is 4.79 Å². The van der Waals surface area contributed by atoms with Gasteiger partial charge in [0.2, 0.25) is 0 Å². The van der Waals surface area contributed by atoms with Crippen molar-refractivity contribution in [2.75, 3.05) is 0 Å². The second-order valence-corrected chi connectivity index (χ2v) is 3.81. The molecule has 0 radical (unpaired) electrons. The van der Waals surface area contributed by atoms with Gasteiger partial charge in [-0.05, 0) is 24.2 Å². The smallest absolute Gasteiger partial charge is 0.123 e. The Balaban J connectivity index is 2.31. The number of fused-ring (bicyclic) bond motifs is 2. The lowest BCUT2D eigenvalue weighted by molar-refractivity contribution is -0.112. The summed E-state index contributed by atoms with van der Waals surface area (Å²) in [7, 11) is 0. The fraction of sp³-hybridized carbons (Fsp3) is 0.667. The number of carbonyl (C=O) groups excluding carboxylic acids is 1. The van der Waals surface area contributed by atoms with Gasteiger partial charge in [0.1, 0.15) is 6.29 Å². The molecule has 0 spiro atoms. The highest BCUT2D eigenvalue weighted by molar-refractivity contribution is 5.58. The first-order chi connectivity index (χ1) is 4.74. The molecular formula is C9H12O. The van der Waals surface area contributed by atoms with Crippen molar-refractivity contribution in [3.63, 3.8) is 0 Å². The summed E-state index contributed by atoms with van der Waals surface area (Å²) < 4.78 is 0. The van der Waals surface area contributed by atoms with Crippen LogP contribution in [0.15, 0.2) is 12.2 Å². The Morgan fingerprint density at radius 2 is 2.50 bits per heavy atom. The molecule has 0 amide bonds. The van der Waals surface area contributed by atoms with Gasteiger partial charge in [0.25, 0.3) is 0 Å². The minimum atomic E-state index is 0.229. The maximum absolute atomic E-state index is 10.6. The van der Waals surface area contributed by atoms with E-state index in [2.05, 4.69) is 19.1 Å². The van der Waals surface area contributed by atoms with Gasteiger partial charge in [0, 0.05) is 5.92 Å².